The minimum absolute atomic E-state index is 0.0564. The number of rotatable bonds is 7. The molecule has 94 valence electrons. The predicted octanol–water partition coefficient (Wildman–Crippen LogP) is 1.69. The molecule has 0 fully saturated rings. The van der Waals surface area contributed by atoms with Crippen molar-refractivity contribution in [3.05, 3.63) is 35.6 Å². The monoisotopic (exact) mass is 239 g/mol. The van der Waals surface area contributed by atoms with Crippen molar-refractivity contribution >= 4 is 5.78 Å². The summed E-state index contributed by atoms with van der Waals surface area (Å²) in [5.74, 6) is -0.490. The molecule has 0 saturated heterocycles. The molecule has 1 aromatic rings. The number of carbonyl (C=O) groups excluding carboxylic acids is 1. The van der Waals surface area contributed by atoms with Crippen molar-refractivity contribution in [3.8, 4) is 0 Å². The Kier molecular flexibility index (Phi) is 5.80. The van der Waals surface area contributed by atoms with Gasteiger partial charge in [-0.25, -0.2) is 4.39 Å². The van der Waals surface area contributed by atoms with Gasteiger partial charge in [-0.3, -0.25) is 4.79 Å². The highest BCUT2D eigenvalue weighted by Gasteiger charge is 2.15. The highest BCUT2D eigenvalue weighted by molar-refractivity contribution is 5.85. The summed E-state index contributed by atoms with van der Waals surface area (Å²) in [7, 11) is 1.60. The highest BCUT2D eigenvalue weighted by Crippen LogP contribution is 2.09. The van der Waals surface area contributed by atoms with E-state index < -0.39 is 6.04 Å². The molecule has 17 heavy (non-hydrogen) atoms. The molecule has 0 aliphatic carbocycles. The highest BCUT2D eigenvalue weighted by atomic mass is 19.1. The Morgan fingerprint density at radius 2 is 2.18 bits per heavy atom. The fourth-order valence-electron chi connectivity index (χ4n) is 1.57. The van der Waals surface area contributed by atoms with E-state index in [1.54, 1.807) is 25.3 Å². The van der Waals surface area contributed by atoms with Gasteiger partial charge in [-0.15, -0.1) is 0 Å². The summed E-state index contributed by atoms with van der Waals surface area (Å²) in [5.41, 5.74) is 6.13. The second-order valence-corrected chi connectivity index (χ2v) is 3.98. The van der Waals surface area contributed by atoms with E-state index in [0.717, 1.165) is 6.42 Å². The van der Waals surface area contributed by atoms with Crippen LogP contribution in [0.4, 0.5) is 4.39 Å². The van der Waals surface area contributed by atoms with Crippen LogP contribution in [0.3, 0.4) is 0 Å². The summed E-state index contributed by atoms with van der Waals surface area (Å²) in [6, 6.07) is 5.72. The molecule has 0 saturated carbocycles. The van der Waals surface area contributed by atoms with Gasteiger partial charge >= 0.3 is 0 Å². The van der Waals surface area contributed by atoms with Gasteiger partial charge < -0.3 is 10.5 Å². The number of ketones is 1. The molecule has 4 heteroatoms. The molecule has 1 aromatic carbocycles. The maximum atomic E-state index is 13.3. The Bertz CT molecular complexity index is 368. The zero-order valence-corrected chi connectivity index (χ0v) is 9.99. The standard InChI is InChI=1S/C13H18FNO2/c1-17-8-4-7-12(15)13(16)9-10-5-2-3-6-11(10)14/h2-3,5-6,12H,4,7-9,15H2,1H3. The van der Waals surface area contributed by atoms with Gasteiger partial charge in [0.1, 0.15) is 5.82 Å². The number of benzene rings is 1. The van der Waals surface area contributed by atoms with E-state index in [4.69, 9.17) is 10.5 Å². The summed E-state index contributed by atoms with van der Waals surface area (Å²) in [6.07, 6.45) is 1.36. The number of hydrogen-bond donors (Lipinski definition) is 1. The van der Waals surface area contributed by atoms with E-state index >= 15 is 0 Å². The molecule has 0 aromatic heterocycles. The molecule has 0 spiro atoms. The molecule has 0 heterocycles. The first-order chi connectivity index (χ1) is 8.15. The third-order valence-electron chi connectivity index (χ3n) is 2.60. The van der Waals surface area contributed by atoms with Crippen molar-refractivity contribution in [3.63, 3.8) is 0 Å². The van der Waals surface area contributed by atoms with E-state index in [9.17, 15) is 9.18 Å². The summed E-state index contributed by atoms with van der Waals surface area (Å²) in [6.45, 7) is 0.584. The summed E-state index contributed by atoms with van der Waals surface area (Å²) >= 11 is 0. The molecule has 0 radical (unpaired) electrons. The van der Waals surface area contributed by atoms with Crippen LogP contribution in [-0.2, 0) is 16.0 Å². The lowest BCUT2D eigenvalue weighted by Gasteiger charge is -2.10. The summed E-state index contributed by atoms with van der Waals surface area (Å²) < 4.78 is 18.2. The van der Waals surface area contributed by atoms with Gasteiger partial charge in [0.25, 0.3) is 0 Å². The lowest BCUT2D eigenvalue weighted by Crippen LogP contribution is -2.32. The maximum absolute atomic E-state index is 13.3. The summed E-state index contributed by atoms with van der Waals surface area (Å²) in [5, 5.41) is 0. The zero-order chi connectivity index (χ0) is 12.7. The van der Waals surface area contributed by atoms with E-state index in [1.807, 2.05) is 0 Å². The number of hydrogen-bond acceptors (Lipinski definition) is 3. The lowest BCUT2D eigenvalue weighted by atomic mass is 10.0. The first-order valence-electron chi connectivity index (χ1n) is 5.65. The Labute approximate surface area is 101 Å². The Morgan fingerprint density at radius 3 is 2.82 bits per heavy atom. The van der Waals surface area contributed by atoms with E-state index in [-0.39, 0.29) is 18.0 Å². The second kappa shape index (κ2) is 7.14. The molecule has 1 unspecified atom stereocenters. The molecule has 0 bridgehead atoms. The normalized spacial score (nSPS) is 12.4. The van der Waals surface area contributed by atoms with Crippen molar-refractivity contribution < 1.29 is 13.9 Å². The van der Waals surface area contributed by atoms with Crippen LogP contribution in [0, 0.1) is 5.82 Å². The third-order valence-corrected chi connectivity index (χ3v) is 2.60. The van der Waals surface area contributed by atoms with Gasteiger partial charge in [-0.05, 0) is 24.5 Å². The smallest absolute Gasteiger partial charge is 0.153 e. The van der Waals surface area contributed by atoms with Crippen molar-refractivity contribution in [1.82, 2.24) is 0 Å². The number of nitrogens with two attached hydrogens (primary N) is 1. The minimum atomic E-state index is -0.537. The Hall–Kier alpha value is -1.26. The van der Waals surface area contributed by atoms with Crippen LogP contribution in [0.1, 0.15) is 18.4 Å². The Morgan fingerprint density at radius 1 is 1.47 bits per heavy atom. The molecule has 0 aliphatic heterocycles. The number of methoxy groups -OCH3 is 1. The van der Waals surface area contributed by atoms with Crippen LogP contribution < -0.4 is 5.73 Å². The van der Waals surface area contributed by atoms with Gasteiger partial charge in [-0.2, -0.15) is 0 Å². The molecular formula is C13H18FNO2. The molecule has 1 atom stereocenters. The van der Waals surface area contributed by atoms with Crippen molar-refractivity contribution in [2.24, 2.45) is 5.73 Å². The van der Waals surface area contributed by atoms with Crippen LogP contribution in [-0.4, -0.2) is 25.5 Å². The fraction of sp³-hybridized carbons (Fsp3) is 0.462. The lowest BCUT2D eigenvalue weighted by molar-refractivity contribution is -0.119. The van der Waals surface area contributed by atoms with Crippen LogP contribution in [0.15, 0.2) is 24.3 Å². The minimum Gasteiger partial charge on any atom is -0.385 e. The van der Waals surface area contributed by atoms with Crippen LogP contribution in [0.5, 0.6) is 0 Å². The molecule has 3 nitrogen and oxygen atoms in total. The number of halogens is 1. The average molecular weight is 239 g/mol. The first-order valence-corrected chi connectivity index (χ1v) is 5.65. The van der Waals surface area contributed by atoms with Gasteiger partial charge in [0.05, 0.1) is 6.04 Å². The maximum Gasteiger partial charge on any atom is 0.153 e. The number of Topliss-reactive ketones (excluding diaryl/α,β-unsaturated/α-hetero) is 1. The number of carbonyl (C=O) groups is 1. The largest absolute Gasteiger partial charge is 0.385 e. The first kappa shape index (κ1) is 13.8. The molecule has 0 amide bonds. The molecular weight excluding hydrogens is 221 g/mol. The third kappa shape index (κ3) is 4.63. The van der Waals surface area contributed by atoms with Crippen molar-refractivity contribution in [2.75, 3.05) is 13.7 Å². The van der Waals surface area contributed by atoms with Gasteiger partial charge in [0.15, 0.2) is 5.78 Å². The predicted molar refractivity (Wildman–Crippen MR) is 64.2 cm³/mol. The second-order valence-electron chi connectivity index (χ2n) is 3.98. The SMILES string of the molecule is COCCCC(N)C(=O)Cc1ccccc1F. The van der Waals surface area contributed by atoms with Crippen LogP contribution in [0.25, 0.3) is 0 Å². The molecule has 0 aliphatic rings. The average Bonchev–Trinajstić information content (AvgIpc) is 2.32. The number of ether oxygens (including phenoxy) is 1. The van der Waals surface area contributed by atoms with E-state index in [2.05, 4.69) is 0 Å². The van der Waals surface area contributed by atoms with E-state index in [0.29, 0.717) is 18.6 Å². The summed E-state index contributed by atoms with van der Waals surface area (Å²) in [4.78, 5) is 11.7. The fourth-order valence-corrected chi connectivity index (χ4v) is 1.57. The molecule has 1 rings (SSSR count). The van der Waals surface area contributed by atoms with Crippen molar-refractivity contribution in [2.45, 2.75) is 25.3 Å². The van der Waals surface area contributed by atoms with Gasteiger partial charge in [0.2, 0.25) is 0 Å². The van der Waals surface area contributed by atoms with Gasteiger partial charge in [-0.1, -0.05) is 18.2 Å². The van der Waals surface area contributed by atoms with E-state index in [1.165, 1.54) is 6.07 Å². The van der Waals surface area contributed by atoms with Gasteiger partial charge in [0, 0.05) is 20.1 Å². The Balaban J connectivity index is 2.46. The molecule has 2 N–H and O–H groups in total. The zero-order valence-electron chi connectivity index (χ0n) is 9.99. The topological polar surface area (TPSA) is 52.3 Å². The van der Waals surface area contributed by atoms with Crippen LogP contribution in [0.2, 0.25) is 0 Å². The van der Waals surface area contributed by atoms with Crippen LogP contribution >= 0.6 is 0 Å². The quantitative estimate of drug-likeness (QED) is 0.737. The van der Waals surface area contributed by atoms with Crippen molar-refractivity contribution in [1.29, 1.82) is 0 Å².